The summed E-state index contributed by atoms with van der Waals surface area (Å²) in [7, 11) is 1.21. The van der Waals surface area contributed by atoms with Gasteiger partial charge >= 0.3 is 17.8 Å². The van der Waals surface area contributed by atoms with Gasteiger partial charge in [-0.15, -0.1) is 13.2 Å². The topological polar surface area (TPSA) is 103 Å². The molecule has 2 atom stereocenters. The van der Waals surface area contributed by atoms with Crippen molar-refractivity contribution in [3.05, 3.63) is 116 Å². The molecule has 0 spiro atoms. The first-order valence-corrected chi connectivity index (χ1v) is 18.1. The van der Waals surface area contributed by atoms with Crippen molar-refractivity contribution in [2.24, 2.45) is 7.05 Å². The van der Waals surface area contributed by atoms with Crippen molar-refractivity contribution in [3.8, 4) is 11.1 Å². The maximum Gasteiger partial charge on any atom is 0.419 e. The summed E-state index contributed by atoms with van der Waals surface area (Å²) in [5.41, 5.74) is -2.98. The summed E-state index contributed by atoms with van der Waals surface area (Å²) in [4.78, 5) is 55.2. The average molecular weight is 777 g/mol. The molecule has 0 bridgehead atoms. The smallest absolute Gasteiger partial charge is 0.419 e. The van der Waals surface area contributed by atoms with Gasteiger partial charge in [-0.1, -0.05) is 12.2 Å². The van der Waals surface area contributed by atoms with Crippen molar-refractivity contribution >= 4 is 11.9 Å². The van der Waals surface area contributed by atoms with E-state index in [9.17, 15) is 41.1 Å². The van der Waals surface area contributed by atoms with Crippen molar-refractivity contribution in [2.75, 3.05) is 26.2 Å². The van der Waals surface area contributed by atoms with Crippen molar-refractivity contribution in [1.29, 1.82) is 0 Å². The molecular weight excluding hydrogens is 730 g/mol. The molecule has 2 heterocycles. The second-order valence-corrected chi connectivity index (χ2v) is 13.6. The molecule has 4 rings (SSSR count). The van der Waals surface area contributed by atoms with Crippen molar-refractivity contribution in [2.45, 2.75) is 83.2 Å². The van der Waals surface area contributed by atoms with Crippen LogP contribution in [0, 0.1) is 18.6 Å². The van der Waals surface area contributed by atoms with Crippen LogP contribution in [0.15, 0.2) is 65.4 Å². The second-order valence-electron chi connectivity index (χ2n) is 13.6. The molecule has 298 valence electrons. The third-order valence-electron chi connectivity index (χ3n) is 9.57. The van der Waals surface area contributed by atoms with Gasteiger partial charge in [0.25, 0.3) is 5.56 Å². The molecule has 1 aromatic heterocycles. The van der Waals surface area contributed by atoms with Crippen LogP contribution in [0.1, 0.15) is 78.9 Å². The normalized spacial score (nSPS) is 14.6. The molecule has 1 fully saturated rings. The number of ether oxygens (including phenoxy) is 1. The predicted molar refractivity (Wildman–Crippen MR) is 196 cm³/mol. The number of halogens is 6. The average Bonchev–Trinajstić information content (AvgIpc) is 3.09. The van der Waals surface area contributed by atoms with E-state index < -0.39 is 76.7 Å². The fourth-order valence-electron chi connectivity index (χ4n) is 6.79. The van der Waals surface area contributed by atoms with E-state index in [0.717, 1.165) is 21.3 Å². The fourth-order valence-corrected chi connectivity index (χ4v) is 6.79. The van der Waals surface area contributed by atoms with E-state index in [1.165, 1.54) is 39.2 Å². The van der Waals surface area contributed by atoms with Crippen LogP contribution in [-0.2, 0) is 40.4 Å². The number of amides is 1. The number of benzene rings is 2. The number of rotatable bonds is 18. The number of hydrogen-bond donors (Lipinski definition) is 1. The van der Waals surface area contributed by atoms with Gasteiger partial charge in [0.05, 0.1) is 24.6 Å². The molecule has 1 saturated heterocycles. The molecular formula is C40H46F6N4O5. The Morgan fingerprint density at radius 1 is 1.04 bits per heavy atom. The minimum absolute atomic E-state index is 0.116. The Morgan fingerprint density at radius 2 is 1.75 bits per heavy atom. The summed E-state index contributed by atoms with van der Waals surface area (Å²) >= 11 is 0. The standard InChI is InChI=1S/C40H46F6N4O5/c1-6-9-10-11-13-25-17-28(41)16-24(4)35(25)27-18-30(36(43)31(19-27)40(44,45)46)32(20-34(51)55-8-3)47-37(52)33(12-7-2)50-21-26(38(53)48(5)39(50)54)14-15-49-22-29(42)23-49/h6-7,16-19,21,29,32-33H,1-2,8-15,20,22-23H2,3-5H3,(H,47,52)/t32-,33-/m0/s1. The summed E-state index contributed by atoms with van der Waals surface area (Å²) in [6, 6.07) is 0.880. The van der Waals surface area contributed by atoms with E-state index in [1.54, 1.807) is 11.0 Å². The molecule has 1 amide bonds. The van der Waals surface area contributed by atoms with Gasteiger partial charge in [-0.25, -0.2) is 18.0 Å². The summed E-state index contributed by atoms with van der Waals surface area (Å²) in [5, 5.41) is 2.48. The maximum atomic E-state index is 16.2. The van der Waals surface area contributed by atoms with Crippen molar-refractivity contribution in [3.63, 3.8) is 0 Å². The SMILES string of the molecule is C=CCCCCc1cc(F)cc(C)c1-c1cc([C@H](CC(=O)OCC)NC(=O)[C@H](CC=C)n2cc(CCN3CC(F)C3)c(=O)n(C)c2=O)c(F)c(C(F)(F)F)c1. The molecule has 3 aromatic rings. The van der Waals surface area contributed by atoms with Crippen LogP contribution < -0.4 is 16.6 Å². The van der Waals surface area contributed by atoms with Crippen LogP contribution in [0.2, 0.25) is 0 Å². The Hall–Kier alpha value is -4.92. The first-order valence-electron chi connectivity index (χ1n) is 18.1. The number of hydrogen-bond acceptors (Lipinski definition) is 6. The van der Waals surface area contributed by atoms with E-state index >= 15 is 4.39 Å². The van der Waals surface area contributed by atoms with Crippen LogP contribution in [0.5, 0.6) is 0 Å². The van der Waals surface area contributed by atoms with Gasteiger partial charge in [0.2, 0.25) is 5.91 Å². The van der Waals surface area contributed by atoms with Crippen molar-refractivity contribution < 1.29 is 40.7 Å². The zero-order chi connectivity index (χ0) is 40.6. The number of esters is 1. The van der Waals surface area contributed by atoms with Crippen molar-refractivity contribution in [1.82, 2.24) is 19.4 Å². The number of allylic oxidation sites excluding steroid dienone is 2. The number of carbonyl (C=O) groups is 2. The molecule has 1 aliphatic heterocycles. The molecule has 15 heteroatoms. The van der Waals surface area contributed by atoms with Gasteiger partial charge in [0.15, 0.2) is 0 Å². The maximum absolute atomic E-state index is 16.2. The van der Waals surface area contributed by atoms with Gasteiger partial charge < -0.3 is 10.1 Å². The lowest BCUT2D eigenvalue weighted by molar-refractivity contribution is -0.144. The minimum atomic E-state index is -5.23. The number of nitrogens with zero attached hydrogens (tertiary/aromatic N) is 3. The van der Waals surface area contributed by atoms with Gasteiger partial charge in [-0.2, -0.15) is 13.2 Å². The highest BCUT2D eigenvalue weighted by Gasteiger charge is 2.38. The number of nitrogens with one attached hydrogen (secondary N) is 1. The number of alkyl halides is 4. The monoisotopic (exact) mass is 776 g/mol. The van der Waals surface area contributed by atoms with Gasteiger partial charge in [0.1, 0.15) is 23.8 Å². The molecule has 0 radical (unpaired) electrons. The van der Waals surface area contributed by atoms with Gasteiger partial charge in [0, 0.05) is 44.0 Å². The van der Waals surface area contributed by atoms with Crippen LogP contribution >= 0.6 is 0 Å². The predicted octanol–water partition coefficient (Wildman–Crippen LogP) is 6.84. The Bertz CT molecular complexity index is 2020. The fraction of sp³-hybridized carbons (Fsp3) is 0.450. The highest BCUT2D eigenvalue weighted by atomic mass is 19.4. The highest BCUT2D eigenvalue weighted by Crippen LogP contribution is 2.40. The first-order chi connectivity index (χ1) is 26.0. The quantitative estimate of drug-likeness (QED) is 0.0658. The zero-order valence-corrected chi connectivity index (χ0v) is 31.1. The molecule has 1 aliphatic rings. The molecule has 0 saturated carbocycles. The highest BCUT2D eigenvalue weighted by molar-refractivity contribution is 5.82. The van der Waals surface area contributed by atoms with Crippen LogP contribution in [-0.4, -0.2) is 58.3 Å². The Balaban J connectivity index is 1.85. The number of aromatic nitrogens is 2. The third-order valence-corrected chi connectivity index (χ3v) is 9.57. The molecule has 2 aromatic carbocycles. The molecule has 55 heavy (non-hydrogen) atoms. The Labute approximate surface area is 315 Å². The molecule has 1 N–H and O–H groups in total. The molecule has 0 unspecified atom stereocenters. The lowest BCUT2D eigenvalue weighted by atomic mass is 9.88. The zero-order valence-electron chi connectivity index (χ0n) is 31.1. The van der Waals surface area contributed by atoms with E-state index in [2.05, 4.69) is 18.5 Å². The third kappa shape index (κ3) is 10.4. The largest absolute Gasteiger partial charge is 0.466 e. The number of unbranched alkanes of at least 4 members (excludes halogenated alkanes) is 2. The summed E-state index contributed by atoms with van der Waals surface area (Å²) in [6.07, 6.45) is -0.711. The second kappa shape index (κ2) is 18.6. The molecule has 0 aliphatic carbocycles. The van der Waals surface area contributed by atoms with Gasteiger partial charge in [-0.3, -0.25) is 28.4 Å². The van der Waals surface area contributed by atoms with Crippen LogP contribution in [0.4, 0.5) is 26.3 Å². The molecule has 9 nitrogen and oxygen atoms in total. The lowest BCUT2D eigenvalue weighted by Gasteiger charge is -2.34. The number of likely N-dealkylation sites (tertiary alicyclic amines) is 1. The Morgan fingerprint density at radius 3 is 2.36 bits per heavy atom. The van der Waals surface area contributed by atoms with Crippen LogP contribution in [0.3, 0.4) is 0 Å². The number of carbonyl (C=O) groups excluding carboxylic acids is 2. The summed E-state index contributed by atoms with van der Waals surface area (Å²) in [5.74, 6) is -4.31. The Kier molecular flexibility index (Phi) is 14.5. The minimum Gasteiger partial charge on any atom is -0.466 e. The summed E-state index contributed by atoms with van der Waals surface area (Å²) < 4.78 is 94.8. The lowest BCUT2D eigenvalue weighted by Crippen LogP contribution is -2.50. The number of aryl methyl sites for hydroxylation is 2. The van der Waals surface area contributed by atoms with E-state index in [1.807, 2.05) is 0 Å². The van der Waals surface area contributed by atoms with E-state index in [-0.39, 0.29) is 61.2 Å². The van der Waals surface area contributed by atoms with Gasteiger partial charge in [-0.05, 0) is 98.9 Å². The van der Waals surface area contributed by atoms with Crippen LogP contribution in [0.25, 0.3) is 11.1 Å². The van der Waals surface area contributed by atoms with E-state index in [4.69, 9.17) is 4.74 Å². The van der Waals surface area contributed by atoms with E-state index in [0.29, 0.717) is 37.4 Å². The first kappa shape index (κ1) is 42.8. The summed E-state index contributed by atoms with van der Waals surface area (Å²) in [6.45, 7) is 10.9.